The van der Waals surface area contributed by atoms with E-state index in [9.17, 15) is 4.79 Å². The minimum atomic E-state index is -0.0539. The van der Waals surface area contributed by atoms with Gasteiger partial charge in [-0.05, 0) is 25.3 Å². The zero-order chi connectivity index (χ0) is 12.7. The average molecular weight is 254 g/mol. The van der Waals surface area contributed by atoms with Gasteiger partial charge in [0, 0.05) is 11.9 Å². The van der Waals surface area contributed by atoms with Crippen LogP contribution in [-0.2, 0) is 4.79 Å². The molecule has 2 unspecified atom stereocenters. The summed E-state index contributed by atoms with van der Waals surface area (Å²) < 4.78 is 0. The summed E-state index contributed by atoms with van der Waals surface area (Å²) in [4.78, 5) is 12.0. The van der Waals surface area contributed by atoms with Gasteiger partial charge in [0.05, 0.1) is 5.92 Å². The molecule has 2 nitrogen and oxygen atoms in total. The summed E-state index contributed by atoms with van der Waals surface area (Å²) in [5, 5.41) is 3.04. The van der Waals surface area contributed by atoms with Crippen LogP contribution in [0.25, 0.3) is 0 Å². The second-order valence-electron chi connectivity index (χ2n) is 4.23. The number of nitrogens with one attached hydrogen (secondary N) is 1. The minimum absolute atomic E-state index is 0.0539. The highest BCUT2D eigenvalue weighted by molar-refractivity contribution is 6.20. The highest BCUT2D eigenvalue weighted by Gasteiger charge is 2.17. The van der Waals surface area contributed by atoms with Crippen LogP contribution < -0.4 is 5.32 Å². The van der Waals surface area contributed by atoms with Gasteiger partial charge in [0.25, 0.3) is 0 Å². The van der Waals surface area contributed by atoms with E-state index in [1.807, 2.05) is 44.2 Å². The third-order valence-corrected chi connectivity index (χ3v) is 2.99. The molecule has 1 amide bonds. The van der Waals surface area contributed by atoms with E-state index in [0.29, 0.717) is 6.54 Å². The Kier molecular flexibility index (Phi) is 6.06. The van der Waals surface area contributed by atoms with Crippen molar-refractivity contribution in [3.8, 4) is 0 Å². The quantitative estimate of drug-likeness (QED) is 0.775. The van der Waals surface area contributed by atoms with Crippen LogP contribution >= 0.6 is 11.6 Å². The molecular formula is C14H20ClNO. The SMILES string of the molecule is CCC(C(=O)NCCC(C)Cl)c1ccccc1. The van der Waals surface area contributed by atoms with Crippen LogP contribution in [0, 0.1) is 0 Å². The Morgan fingerprint density at radius 2 is 2.00 bits per heavy atom. The lowest BCUT2D eigenvalue weighted by atomic mass is 9.96. The van der Waals surface area contributed by atoms with Crippen molar-refractivity contribution in [1.29, 1.82) is 0 Å². The molecule has 0 aliphatic heterocycles. The lowest BCUT2D eigenvalue weighted by Crippen LogP contribution is -2.30. The van der Waals surface area contributed by atoms with E-state index in [-0.39, 0.29) is 17.2 Å². The molecule has 2 atom stereocenters. The molecule has 0 bridgehead atoms. The number of amides is 1. The van der Waals surface area contributed by atoms with Gasteiger partial charge in [-0.1, -0.05) is 37.3 Å². The van der Waals surface area contributed by atoms with E-state index < -0.39 is 0 Å². The summed E-state index contributed by atoms with van der Waals surface area (Å²) in [6.07, 6.45) is 1.62. The van der Waals surface area contributed by atoms with Crippen LogP contribution in [0.3, 0.4) is 0 Å². The molecule has 3 heteroatoms. The van der Waals surface area contributed by atoms with Crippen molar-refractivity contribution in [3.05, 3.63) is 35.9 Å². The molecule has 17 heavy (non-hydrogen) atoms. The second-order valence-corrected chi connectivity index (χ2v) is 4.98. The molecule has 0 fully saturated rings. The highest BCUT2D eigenvalue weighted by atomic mass is 35.5. The van der Waals surface area contributed by atoms with Crippen LogP contribution in [0.2, 0.25) is 0 Å². The van der Waals surface area contributed by atoms with Crippen molar-refractivity contribution in [2.24, 2.45) is 0 Å². The summed E-state index contributed by atoms with van der Waals surface area (Å²) in [5.74, 6) is 0.0397. The lowest BCUT2D eigenvalue weighted by molar-refractivity contribution is -0.122. The molecule has 1 aromatic carbocycles. The minimum Gasteiger partial charge on any atom is -0.356 e. The maximum atomic E-state index is 12.0. The van der Waals surface area contributed by atoms with Crippen LogP contribution in [0.4, 0.5) is 0 Å². The van der Waals surface area contributed by atoms with Gasteiger partial charge >= 0.3 is 0 Å². The summed E-state index contributed by atoms with van der Waals surface area (Å²) in [6.45, 7) is 4.61. The predicted octanol–water partition coefficient (Wildman–Crippen LogP) is 3.31. The highest BCUT2D eigenvalue weighted by Crippen LogP contribution is 2.19. The normalized spacial score (nSPS) is 14.1. The Bertz CT molecular complexity index is 337. The van der Waals surface area contributed by atoms with Crippen LogP contribution in [-0.4, -0.2) is 17.8 Å². The third kappa shape index (κ3) is 4.78. The third-order valence-electron chi connectivity index (χ3n) is 2.77. The summed E-state index contributed by atoms with van der Waals surface area (Å²) >= 11 is 5.84. The molecule has 0 heterocycles. The summed E-state index contributed by atoms with van der Waals surface area (Å²) in [6, 6.07) is 9.89. The first-order valence-corrected chi connectivity index (χ1v) is 6.55. The Morgan fingerprint density at radius 1 is 1.35 bits per heavy atom. The molecular weight excluding hydrogens is 234 g/mol. The smallest absolute Gasteiger partial charge is 0.227 e. The topological polar surface area (TPSA) is 29.1 Å². The standard InChI is InChI=1S/C14H20ClNO/c1-3-13(12-7-5-4-6-8-12)14(17)16-10-9-11(2)15/h4-8,11,13H,3,9-10H2,1-2H3,(H,16,17). The Morgan fingerprint density at radius 3 is 2.53 bits per heavy atom. The van der Waals surface area contributed by atoms with Crippen molar-refractivity contribution in [2.75, 3.05) is 6.54 Å². The lowest BCUT2D eigenvalue weighted by Gasteiger charge is -2.15. The largest absolute Gasteiger partial charge is 0.356 e. The first kappa shape index (κ1) is 14.0. The summed E-state index contributed by atoms with van der Waals surface area (Å²) in [5.41, 5.74) is 1.08. The van der Waals surface area contributed by atoms with E-state index in [4.69, 9.17) is 11.6 Å². The zero-order valence-electron chi connectivity index (χ0n) is 10.4. The van der Waals surface area contributed by atoms with Crippen molar-refractivity contribution < 1.29 is 4.79 Å². The van der Waals surface area contributed by atoms with Gasteiger partial charge in [0.2, 0.25) is 5.91 Å². The Labute approximate surface area is 108 Å². The fourth-order valence-corrected chi connectivity index (χ4v) is 1.88. The first-order chi connectivity index (χ1) is 8.15. The van der Waals surface area contributed by atoms with E-state index in [2.05, 4.69) is 5.32 Å². The van der Waals surface area contributed by atoms with E-state index >= 15 is 0 Å². The van der Waals surface area contributed by atoms with Crippen LogP contribution in [0.1, 0.15) is 38.2 Å². The molecule has 0 saturated heterocycles. The number of carbonyl (C=O) groups excluding carboxylic acids is 1. The van der Waals surface area contributed by atoms with Gasteiger partial charge in [-0.15, -0.1) is 11.6 Å². The number of alkyl halides is 1. The number of rotatable bonds is 6. The molecule has 94 valence electrons. The number of benzene rings is 1. The maximum Gasteiger partial charge on any atom is 0.227 e. The van der Waals surface area contributed by atoms with Crippen LogP contribution in [0.5, 0.6) is 0 Å². The van der Waals surface area contributed by atoms with Gasteiger partial charge in [-0.3, -0.25) is 4.79 Å². The van der Waals surface area contributed by atoms with Crippen molar-refractivity contribution in [1.82, 2.24) is 5.32 Å². The first-order valence-electron chi connectivity index (χ1n) is 6.11. The van der Waals surface area contributed by atoms with Gasteiger partial charge in [0.1, 0.15) is 0 Å². The number of carbonyl (C=O) groups is 1. The van der Waals surface area contributed by atoms with Gasteiger partial charge in [-0.25, -0.2) is 0 Å². The monoisotopic (exact) mass is 253 g/mol. The van der Waals surface area contributed by atoms with E-state index in [1.165, 1.54) is 0 Å². The van der Waals surface area contributed by atoms with Gasteiger partial charge < -0.3 is 5.32 Å². The molecule has 1 N–H and O–H groups in total. The second kappa shape index (κ2) is 7.33. The van der Waals surface area contributed by atoms with E-state index in [0.717, 1.165) is 18.4 Å². The fraction of sp³-hybridized carbons (Fsp3) is 0.500. The van der Waals surface area contributed by atoms with Gasteiger partial charge in [-0.2, -0.15) is 0 Å². The molecule has 0 radical (unpaired) electrons. The molecule has 0 spiro atoms. The average Bonchev–Trinajstić information content (AvgIpc) is 2.31. The van der Waals surface area contributed by atoms with Crippen molar-refractivity contribution in [2.45, 2.75) is 38.0 Å². The molecule has 0 aliphatic carbocycles. The zero-order valence-corrected chi connectivity index (χ0v) is 11.2. The van der Waals surface area contributed by atoms with E-state index in [1.54, 1.807) is 0 Å². The molecule has 0 saturated carbocycles. The van der Waals surface area contributed by atoms with Crippen molar-refractivity contribution >= 4 is 17.5 Å². The molecule has 0 aliphatic rings. The molecule has 1 rings (SSSR count). The number of halogens is 1. The van der Waals surface area contributed by atoms with Gasteiger partial charge in [0.15, 0.2) is 0 Å². The number of hydrogen-bond donors (Lipinski definition) is 1. The van der Waals surface area contributed by atoms with Crippen LogP contribution in [0.15, 0.2) is 30.3 Å². The maximum absolute atomic E-state index is 12.0. The predicted molar refractivity (Wildman–Crippen MR) is 72.4 cm³/mol. The molecule has 1 aromatic rings. The number of hydrogen-bond acceptors (Lipinski definition) is 1. The Balaban J connectivity index is 2.53. The van der Waals surface area contributed by atoms with Crippen molar-refractivity contribution in [3.63, 3.8) is 0 Å². The fourth-order valence-electron chi connectivity index (χ4n) is 1.78. The summed E-state index contributed by atoms with van der Waals surface area (Å²) in [7, 11) is 0. The molecule has 0 aromatic heterocycles. The Hall–Kier alpha value is -1.02.